The van der Waals surface area contributed by atoms with Gasteiger partial charge in [0.05, 0.1) is 11.0 Å². The lowest BCUT2D eigenvalue weighted by Gasteiger charge is -2.23. The van der Waals surface area contributed by atoms with E-state index in [4.69, 9.17) is 9.40 Å². The van der Waals surface area contributed by atoms with E-state index in [1.165, 1.54) is 93.4 Å². The van der Waals surface area contributed by atoms with Crippen LogP contribution in [0.15, 0.2) is 162 Å². The number of para-hydroxylation sites is 3. The maximum atomic E-state index is 6.51. The summed E-state index contributed by atoms with van der Waals surface area (Å²) in [6.45, 7) is 2.18. The van der Waals surface area contributed by atoms with Crippen LogP contribution in [-0.2, 0) is 6.42 Å². The zero-order valence-electron chi connectivity index (χ0n) is 35.5. The fourth-order valence-electron chi connectivity index (χ4n) is 10.1. The molecule has 0 fully saturated rings. The van der Waals surface area contributed by atoms with Gasteiger partial charge in [0.2, 0.25) is 0 Å². The van der Waals surface area contributed by atoms with Crippen molar-refractivity contribution in [2.45, 2.75) is 13.3 Å². The normalized spacial score (nSPS) is 11.8. The van der Waals surface area contributed by atoms with Crippen molar-refractivity contribution >= 4 is 121 Å². The molecular weight excluding hydrogens is 735 g/mol. The zero-order valence-corrected chi connectivity index (χ0v) is 35.5. The van der Waals surface area contributed by atoms with Gasteiger partial charge in [0.25, 0.3) is 0 Å². The molecule has 11 rings (SSSR count). The van der Waals surface area contributed by atoms with Crippen molar-refractivity contribution < 1.29 is 4.42 Å². The zero-order chi connectivity index (χ0) is 41.5. The quantitative estimate of drug-likeness (QED) is 0.159. The number of aryl methyl sites for hydroxylation is 1. The third-order valence-electron chi connectivity index (χ3n) is 13.5. The Morgan fingerprint density at radius 3 is 1.84 bits per heavy atom. The van der Waals surface area contributed by atoms with E-state index in [1.54, 1.807) is 0 Å². The Morgan fingerprint density at radius 1 is 0.459 bits per heavy atom. The molecule has 0 aliphatic rings. The first kappa shape index (κ1) is 37.1. The Balaban J connectivity index is 1.19. The molecule has 0 saturated carbocycles. The van der Waals surface area contributed by atoms with Crippen LogP contribution in [0.3, 0.4) is 0 Å². The van der Waals surface area contributed by atoms with E-state index in [1.807, 2.05) is 0 Å². The minimum Gasteiger partial charge on any atom is -0.456 e. The molecule has 0 N–H and O–H groups in total. The van der Waals surface area contributed by atoms with Gasteiger partial charge in [-0.2, -0.15) is 0 Å². The lowest BCUT2D eigenvalue weighted by Crippen LogP contribution is -2.55. The SMILES string of the molecule is Bc1c(B)c(B)c(-c2ccc3c(-c4cccc(-c5cccc(-n6c(CC)nc7ccccc76)c5)c4)c4ccccc4c(-c4cccc5oc6ccccc6c45)c3c2)c(B)c1B. The summed E-state index contributed by atoms with van der Waals surface area (Å²) in [6, 6.07) is 57.6. The molecule has 9 aromatic carbocycles. The standard InChI is InChI=1S/C53H41B5N2O/c1-2-44-59-40-20-6-7-21-41(40)60(44)33-15-10-13-30(27-33)29-12-9-14-31(26-29)45-34-16-3-4-17-35(34)47(38-19-11-23-43-48(38)37-18-5-8-22-42(37)61-43)39-28-32(24-25-36(39)45)46-49(54)51(56)53(58)52(57)50(46)55/h3-28H,2,54-58H2,1H3. The van der Waals surface area contributed by atoms with Crippen LogP contribution in [0, 0.1) is 0 Å². The fraction of sp³-hybridized carbons (Fsp3) is 0.0377. The summed E-state index contributed by atoms with van der Waals surface area (Å²) in [7, 11) is 11.4. The Morgan fingerprint density at radius 2 is 1.05 bits per heavy atom. The highest BCUT2D eigenvalue weighted by Gasteiger charge is 2.22. The Bertz CT molecular complexity index is 3570. The predicted molar refractivity (Wildman–Crippen MR) is 275 cm³/mol. The van der Waals surface area contributed by atoms with Crippen LogP contribution in [0.5, 0.6) is 0 Å². The first-order valence-electron chi connectivity index (χ1n) is 21.4. The first-order chi connectivity index (χ1) is 29.8. The second kappa shape index (κ2) is 14.4. The fourth-order valence-corrected chi connectivity index (χ4v) is 10.1. The molecule has 2 aromatic heterocycles. The molecule has 0 aliphatic heterocycles. The number of imidazole rings is 1. The average Bonchev–Trinajstić information content (AvgIpc) is 3.88. The van der Waals surface area contributed by atoms with Crippen molar-refractivity contribution in [1.82, 2.24) is 9.55 Å². The number of hydrogen-bond donors (Lipinski definition) is 0. The summed E-state index contributed by atoms with van der Waals surface area (Å²) in [6.07, 6.45) is 0.847. The number of fused-ring (bicyclic) bond motifs is 6. The van der Waals surface area contributed by atoms with E-state index in [0.717, 1.165) is 50.9 Å². The van der Waals surface area contributed by atoms with Gasteiger partial charge in [-0.3, -0.25) is 4.57 Å². The molecule has 0 bridgehead atoms. The van der Waals surface area contributed by atoms with E-state index in [2.05, 4.69) is 208 Å². The number of benzene rings is 9. The Hall–Kier alpha value is -6.91. The second-order valence-corrected chi connectivity index (χ2v) is 16.7. The maximum absolute atomic E-state index is 6.51. The predicted octanol–water partition coefficient (Wildman–Crippen LogP) is 5.75. The van der Waals surface area contributed by atoms with Gasteiger partial charge in [-0.25, -0.2) is 4.98 Å². The van der Waals surface area contributed by atoms with E-state index in [9.17, 15) is 0 Å². The lowest BCUT2D eigenvalue weighted by atomic mass is 9.59. The van der Waals surface area contributed by atoms with Gasteiger partial charge < -0.3 is 4.42 Å². The van der Waals surface area contributed by atoms with Crippen molar-refractivity contribution in [3.63, 3.8) is 0 Å². The largest absolute Gasteiger partial charge is 0.456 e. The van der Waals surface area contributed by atoms with Crippen LogP contribution < -0.4 is 27.3 Å². The third kappa shape index (κ3) is 5.76. The lowest BCUT2D eigenvalue weighted by molar-refractivity contribution is 0.669. The van der Waals surface area contributed by atoms with Gasteiger partial charge in [0, 0.05) is 22.9 Å². The van der Waals surface area contributed by atoms with Crippen LogP contribution >= 0.6 is 0 Å². The molecule has 0 unspecified atom stereocenters. The second-order valence-electron chi connectivity index (χ2n) is 16.7. The molecule has 2 heterocycles. The molecule has 0 radical (unpaired) electrons. The molecule has 11 aromatic rings. The van der Waals surface area contributed by atoms with Gasteiger partial charge in [-0.05, 0) is 115 Å². The van der Waals surface area contributed by atoms with E-state index in [0.29, 0.717) is 0 Å². The summed E-state index contributed by atoms with van der Waals surface area (Å²) in [5.74, 6) is 1.06. The molecule has 0 spiro atoms. The summed E-state index contributed by atoms with van der Waals surface area (Å²) in [5.41, 5.74) is 21.6. The number of nitrogens with zero attached hydrogens (tertiary/aromatic N) is 2. The van der Waals surface area contributed by atoms with E-state index in [-0.39, 0.29) is 0 Å². The molecule has 0 atom stereocenters. The monoisotopic (exact) mass is 776 g/mol. The summed E-state index contributed by atoms with van der Waals surface area (Å²) < 4.78 is 8.82. The van der Waals surface area contributed by atoms with E-state index < -0.39 is 0 Å². The van der Waals surface area contributed by atoms with Crippen LogP contribution in [-0.4, -0.2) is 48.8 Å². The molecule has 0 aliphatic carbocycles. The van der Waals surface area contributed by atoms with Crippen molar-refractivity contribution in [3.05, 3.63) is 164 Å². The van der Waals surface area contributed by atoms with Gasteiger partial charge in [-0.1, -0.05) is 127 Å². The number of aromatic nitrogens is 2. The van der Waals surface area contributed by atoms with Gasteiger partial charge in [0.1, 0.15) is 56.2 Å². The highest BCUT2D eigenvalue weighted by Crippen LogP contribution is 2.48. The topological polar surface area (TPSA) is 31.0 Å². The van der Waals surface area contributed by atoms with Crippen LogP contribution in [0.2, 0.25) is 0 Å². The van der Waals surface area contributed by atoms with Crippen LogP contribution in [0.1, 0.15) is 12.7 Å². The van der Waals surface area contributed by atoms with Crippen LogP contribution in [0.25, 0.3) is 105 Å². The minimum absolute atomic E-state index is 0.847. The first-order valence-corrected chi connectivity index (χ1v) is 21.4. The number of hydrogen-bond acceptors (Lipinski definition) is 2. The Labute approximate surface area is 360 Å². The van der Waals surface area contributed by atoms with Crippen molar-refractivity contribution in [1.29, 1.82) is 0 Å². The molecule has 0 amide bonds. The van der Waals surface area contributed by atoms with Gasteiger partial charge in [-0.15, -0.1) is 16.4 Å². The van der Waals surface area contributed by atoms with Crippen molar-refractivity contribution in [2.75, 3.05) is 0 Å². The maximum Gasteiger partial charge on any atom is 0.139 e. The van der Waals surface area contributed by atoms with E-state index >= 15 is 0 Å². The Kier molecular flexibility index (Phi) is 8.75. The van der Waals surface area contributed by atoms with Gasteiger partial charge in [0.15, 0.2) is 0 Å². The molecule has 61 heavy (non-hydrogen) atoms. The summed E-state index contributed by atoms with van der Waals surface area (Å²) in [5, 5.41) is 7.17. The molecule has 0 saturated heterocycles. The molecule has 3 nitrogen and oxygen atoms in total. The van der Waals surface area contributed by atoms with Crippen molar-refractivity contribution in [2.24, 2.45) is 0 Å². The minimum atomic E-state index is 0.847. The number of furan rings is 1. The van der Waals surface area contributed by atoms with Gasteiger partial charge >= 0.3 is 0 Å². The molecular formula is C53H41B5N2O. The molecule has 8 heteroatoms. The summed E-state index contributed by atoms with van der Waals surface area (Å²) in [4.78, 5) is 4.98. The smallest absolute Gasteiger partial charge is 0.139 e. The summed E-state index contributed by atoms with van der Waals surface area (Å²) >= 11 is 0. The average molecular weight is 776 g/mol. The highest BCUT2D eigenvalue weighted by molar-refractivity contribution is 6.68. The number of rotatable bonds is 6. The molecule has 284 valence electrons. The van der Waals surface area contributed by atoms with Crippen LogP contribution in [0.4, 0.5) is 0 Å². The highest BCUT2D eigenvalue weighted by atomic mass is 16.3. The van der Waals surface area contributed by atoms with Crippen molar-refractivity contribution in [3.8, 4) is 50.2 Å². The third-order valence-corrected chi connectivity index (χ3v) is 13.5.